The lowest BCUT2D eigenvalue weighted by molar-refractivity contribution is 0.00578. The Kier molecular flexibility index (Phi) is 4.36. The zero-order valence-electron chi connectivity index (χ0n) is 14.7. The number of rotatable bonds is 1. The molecule has 2 rings (SSSR count). The van der Waals surface area contributed by atoms with Crippen LogP contribution >= 0.6 is 0 Å². The summed E-state index contributed by atoms with van der Waals surface area (Å²) in [6.07, 6.45) is 3.78. The maximum Gasteiger partial charge on any atom is 0.525 e. The molecule has 0 amide bonds. The van der Waals surface area contributed by atoms with Crippen LogP contribution in [0.1, 0.15) is 74.1 Å². The SMILES string of the molecule is CC(C)(C)C1CCC(=C(F)B2OC(C)(C)C(C)(C)O2)CC1. The fourth-order valence-corrected chi connectivity index (χ4v) is 3.18. The van der Waals surface area contributed by atoms with Crippen LogP contribution in [0, 0.1) is 11.3 Å². The molecule has 21 heavy (non-hydrogen) atoms. The lowest BCUT2D eigenvalue weighted by atomic mass is 9.69. The topological polar surface area (TPSA) is 18.5 Å². The molecule has 1 heterocycles. The predicted molar refractivity (Wildman–Crippen MR) is 85.6 cm³/mol. The van der Waals surface area contributed by atoms with E-state index in [2.05, 4.69) is 20.8 Å². The maximum absolute atomic E-state index is 14.7. The van der Waals surface area contributed by atoms with Gasteiger partial charge < -0.3 is 9.31 Å². The molecule has 0 unspecified atom stereocenters. The molecular formula is C17H30BFO2. The number of allylic oxidation sites excluding steroid dienone is 1. The van der Waals surface area contributed by atoms with E-state index in [9.17, 15) is 4.39 Å². The smallest absolute Gasteiger partial charge is 0.398 e. The zero-order valence-corrected chi connectivity index (χ0v) is 14.7. The summed E-state index contributed by atoms with van der Waals surface area (Å²) < 4.78 is 26.4. The standard InChI is InChI=1S/C17H30BFO2/c1-15(2,3)13-10-8-12(9-11-13)14(19)18-20-16(4,5)17(6,7)21-18/h13H,8-11H2,1-7H3. The Labute approximate surface area is 129 Å². The molecule has 0 atom stereocenters. The van der Waals surface area contributed by atoms with E-state index < -0.39 is 18.3 Å². The largest absolute Gasteiger partial charge is 0.525 e. The van der Waals surface area contributed by atoms with Crippen LogP contribution in [0.4, 0.5) is 4.39 Å². The van der Waals surface area contributed by atoms with E-state index >= 15 is 0 Å². The van der Waals surface area contributed by atoms with Gasteiger partial charge in [-0.1, -0.05) is 20.8 Å². The average Bonchev–Trinajstić information content (AvgIpc) is 2.57. The van der Waals surface area contributed by atoms with Gasteiger partial charge in [0.15, 0.2) is 0 Å². The van der Waals surface area contributed by atoms with E-state index in [0.29, 0.717) is 11.3 Å². The van der Waals surface area contributed by atoms with Crippen LogP contribution in [0.3, 0.4) is 0 Å². The Balaban J connectivity index is 2.06. The molecule has 0 aromatic rings. The monoisotopic (exact) mass is 296 g/mol. The van der Waals surface area contributed by atoms with Gasteiger partial charge in [0.05, 0.1) is 11.2 Å². The first-order valence-corrected chi connectivity index (χ1v) is 8.17. The molecular weight excluding hydrogens is 266 g/mol. The first-order valence-electron chi connectivity index (χ1n) is 8.17. The fraction of sp³-hybridized carbons (Fsp3) is 0.882. The Bertz CT molecular complexity index is 409. The van der Waals surface area contributed by atoms with Crippen molar-refractivity contribution in [3.8, 4) is 0 Å². The van der Waals surface area contributed by atoms with Gasteiger partial charge >= 0.3 is 7.12 Å². The fourth-order valence-electron chi connectivity index (χ4n) is 3.18. The van der Waals surface area contributed by atoms with E-state index in [1.54, 1.807) is 0 Å². The Morgan fingerprint density at radius 2 is 1.48 bits per heavy atom. The first kappa shape index (κ1) is 17.0. The van der Waals surface area contributed by atoms with Crippen molar-refractivity contribution in [1.82, 2.24) is 0 Å². The Hall–Kier alpha value is -0.345. The normalized spacial score (nSPS) is 28.9. The van der Waals surface area contributed by atoms with Crippen LogP contribution in [0.15, 0.2) is 11.3 Å². The van der Waals surface area contributed by atoms with Crippen LogP contribution in [0.25, 0.3) is 0 Å². The van der Waals surface area contributed by atoms with Gasteiger partial charge in [0.25, 0.3) is 0 Å². The van der Waals surface area contributed by atoms with E-state index in [0.717, 1.165) is 31.3 Å². The molecule has 0 aromatic heterocycles. The highest BCUT2D eigenvalue weighted by molar-refractivity contribution is 6.53. The van der Waals surface area contributed by atoms with Gasteiger partial charge in [0.1, 0.15) is 5.73 Å². The molecule has 0 bridgehead atoms. The molecule has 0 aromatic carbocycles. The van der Waals surface area contributed by atoms with Crippen molar-refractivity contribution in [1.29, 1.82) is 0 Å². The van der Waals surface area contributed by atoms with Crippen LogP contribution in [0.2, 0.25) is 0 Å². The minimum atomic E-state index is -0.823. The average molecular weight is 296 g/mol. The first-order chi connectivity index (χ1) is 9.44. The van der Waals surface area contributed by atoms with Gasteiger partial charge in [0, 0.05) is 0 Å². The molecule has 1 aliphatic heterocycles. The quantitative estimate of drug-likeness (QED) is 0.628. The summed E-state index contributed by atoms with van der Waals surface area (Å²) in [6.45, 7) is 14.7. The Morgan fingerprint density at radius 3 is 1.86 bits per heavy atom. The lowest BCUT2D eigenvalue weighted by Gasteiger charge is -2.35. The van der Waals surface area contributed by atoms with Crippen LogP contribution in [0.5, 0.6) is 0 Å². The minimum Gasteiger partial charge on any atom is -0.398 e. The second kappa shape index (κ2) is 5.38. The molecule has 0 radical (unpaired) electrons. The maximum atomic E-state index is 14.7. The molecule has 2 nitrogen and oxygen atoms in total. The molecule has 0 spiro atoms. The molecule has 4 heteroatoms. The van der Waals surface area contributed by atoms with Crippen LogP contribution in [-0.2, 0) is 9.31 Å². The molecule has 1 saturated carbocycles. The summed E-state index contributed by atoms with van der Waals surface area (Å²) >= 11 is 0. The zero-order chi connectivity index (χ0) is 16.1. The third-order valence-corrected chi connectivity index (χ3v) is 5.61. The summed E-state index contributed by atoms with van der Waals surface area (Å²) in [5, 5.41) is 0. The second-order valence-electron chi connectivity index (χ2n) is 8.68. The van der Waals surface area contributed by atoms with E-state index in [-0.39, 0.29) is 5.73 Å². The highest BCUT2D eigenvalue weighted by Gasteiger charge is 2.53. The predicted octanol–water partition coefficient (Wildman–Crippen LogP) is 5.08. The van der Waals surface area contributed by atoms with Crippen molar-refractivity contribution in [3.05, 3.63) is 11.3 Å². The summed E-state index contributed by atoms with van der Waals surface area (Å²) in [5.41, 5.74) is 0.0814. The summed E-state index contributed by atoms with van der Waals surface area (Å²) in [6, 6.07) is 0. The lowest BCUT2D eigenvalue weighted by Crippen LogP contribution is -2.41. The highest BCUT2D eigenvalue weighted by Crippen LogP contribution is 2.43. The molecule has 2 fully saturated rings. The van der Waals surface area contributed by atoms with Crippen LogP contribution in [-0.4, -0.2) is 18.3 Å². The third kappa shape index (κ3) is 3.37. The van der Waals surface area contributed by atoms with Crippen molar-refractivity contribution in [3.63, 3.8) is 0 Å². The van der Waals surface area contributed by atoms with Gasteiger partial charge in [-0.3, -0.25) is 0 Å². The molecule has 2 aliphatic rings. The molecule has 120 valence electrons. The van der Waals surface area contributed by atoms with E-state index in [1.165, 1.54) is 0 Å². The van der Waals surface area contributed by atoms with Crippen molar-refractivity contribution < 1.29 is 13.7 Å². The van der Waals surface area contributed by atoms with E-state index in [4.69, 9.17) is 9.31 Å². The molecule has 0 N–H and O–H groups in total. The summed E-state index contributed by atoms with van der Waals surface area (Å²) in [5.74, 6) is 0.673. The molecule has 1 saturated heterocycles. The van der Waals surface area contributed by atoms with Gasteiger partial charge in [0.2, 0.25) is 0 Å². The van der Waals surface area contributed by atoms with E-state index in [1.807, 2.05) is 27.7 Å². The number of hydrogen-bond donors (Lipinski definition) is 0. The minimum absolute atomic E-state index is 0.180. The summed E-state index contributed by atoms with van der Waals surface area (Å²) in [4.78, 5) is 0. The number of hydrogen-bond acceptors (Lipinski definition) is 2. The van der Waals surface area contributed by atoms with Crippen molar-refractivity contribution in [2.45, 2.75) is 85.4 Å². The number of halogens is 1. The second-order valence-corrected chi connectivity index (χ2v) is 8.68. The Morgan fingerprint density at radius 1 is 1.05 bits per heavy atom. The van der Waals surface area contributed by atoms with Gasteiger partial charge in [-0.15, -0.1) is 0 Å². The van der Waals surface area contributed by atoms with Gasteiger partial charge in [-0.2, -0.15) is 0 Å². The van der Waals surface area contributed by atoms with Gasteiger partial charge in [-0.05, 0) is 70.3 Å². The van der Waals surface area contributed by atoms with Crippen molar-refractivity contribution in [2.75, 3.05) is 0 Å². The van der Waals surface area contributed by atoms with Crippen molar-refractivity contribution in [2.24, 2.45) is 11.3 Å². The molecule has 1 aliphatic carbocycles. The third-order valence-electron chi connectivity index (χ3n) is 5.61. The van der Waals surface area contributed by atoms with Crippen LogP contribution < -0.4 is 0 Å². The van der Waals surface area contributed by atoms with Crippen molar-refractivity contribution >= 4 is 7.12 Å². The van der Waals surface area contributed by atoms with Gasteiger partial charge in [-0.25, -0.2) is 4.39 Å². The highest BCUT2D eigenvalue weighted by atomic mass is 19.1. The summed E-state index contributed by atoms with van der Waals surface area (Å²) in [7, 11) is -0.823.